The number of nitrogens with zero attached hydrogens (tertiary/aromatic N) is 1. The Morgan fingerprint density at radius 1 is 1.30 bits per heavy atom. The second-order valence-corrected chi connectivity index (χ2v) is 6.21. The molecule has 1 amide bonds. The molecule has 3 nitrogen and oxygen atoms in total. The molecule has 20 heavy (non-hydrogen) atoms. The van der Waals surface area contributed by atoms with Crippen molar-refractivity contribution in [3.8, 4) is 0 Å². The van der Waals surface area contributed by atoms with Gasteiger partial charge in [-0.2, -0.15) is 0 Å². The number of nitrogens with one attached hydrogen (secondary N) is 1. The Hall–Kier alpha value is -1.33. The highest BCUT2D eigenvalue weighted by molar-refractivity contribution is 9.10. The summed E-state index contributed by atoms with van der Waals surface area (Å²) < 4.78 is 0.934. The molecule has 0 aliphatic rings. The maximum atomic E-state index is 11.9. The minimum absolute atomic E-state index is 0.0103. The number of aromatic nitrogens is 1. The monoisotopic (exact) mass is 350 g/mol. The highest BCUT2D eigenvalue weighted by Gasteiger charge is 2.09. The van der Waals surface area contributed by atoms with Gasteiger partial charge in [0.1, 0.15) is 0 Å². The number of hydrogen-bond donors (Lipinski definition) is 1. The highest BCUT2D eigenvalue weighted by atomic mass is 79.9. The third-order valence-corrected chi connectivity index (χ3v) is 4.14. The maximum Gasteiger partial charge on any atom is 0.230 e. The molecule has 2 rings (SSSR count). The van der Waals surface area contributed by atoms with Crippen molar-refractivity contribution in [3.05, 3.63) is 58.7 Å². The molecule has 0 aliphatic carbocycles. The lowest BCUT2D eigenvalue weighted by Gasteiger charge is -2.13. The fourth-order valence-corrected chi connectivity index (χ4v) is 2.58. The van der Waals surface area contributed by atoms with Crippen LogP contribution in [0.2, 0.25) is 0 Å². The van der Waals surface area contributed by atoms with Gasteiger partial charge in [0.05, 0.1) is 16.8 Å². The molecule has 104 valence electrons. The van der Waals surface area contributed by atoms with Gasteiger partial charge >= 0.3 is 0 Å². The van der Waals surface area contributed by atoms with Crippen molar-refractivity contribution in [2.45, 2.75) is 18.0 Å². The average Bonchev–Trinajstić information content (AvgIpc) is 2.47. The van der Waals surface area contributed by atoms with Gasteiger partial charge in [-0.15, -0.1) is 0 Å². The minimum atomic E-state index is 0.0103. The lowest BCUT2D eigenvalue weighted by Crippen LogP contribution is -2.28. The molecule has 1 N–H and O–H groups in total. The topological polar surface area (TPSA) is 42.0 Å². The smallest absolute Gasteiger partial charge is 0.230 e. The molecule has 0 spiro atoms. The summed E-state index contributed by atoms with van der Waals surface area (Å²) >= 11 is 4.76. The van der Waals surface area contributed by atoms with Gasteiger partial charge in [-0.1, -0.05) is 42.1 Å². The van der Waals surface area contributed by atoms with E-state index in [1.807, 2.05) is 49.4 Å². The SMILES string of the molecule is CC(NC(=O)CSc1ccc(Br)cn1)c1ccccc1. The van der Waals surface area contributed by atoms with Gasteiger partial charge in [-0.05, 0) is 40.5 Å². The minimum Gasteiger partial charge on any atom is -0.349 e. The first-order valence-electron chi connectivity index (χ1n) is 6.24. The number of halogens is 1. The predicted octanol–water partition coefficient (Wildman–Crippen LogP) is 3.81. The van der Waals surface area contributed by atoms with Crippen LogP contribution in [0, 0.1) is 0 Å². The largest absolute Gasteiger partial charge is 0.349 e. The van der Waals surface area contributed by atoms with Crippen molar-refractivity contribution in [3.63, 3.8) is 0 Å². The first-order valence-corrected chi connectivity index (χ1v) is 8.01. The third-order valence-electron chi connectivity index (χ3n) is 2.73. The predicted molar refractivity (Wildman–Crippen MR) is 85.7 cm³/mol. The highest BCUT2D eigenvalue weighted by Crippen LogP contribution is 2.18. The van der Waals surface area contributed by atoms with E-state index in [4.69, 9.17) is 0 Å². The molecule has 0 saturated carbocycles. The van der Waals surface area contributed by atoms with Crippen molar-refractivity contribution < 1.29 is 4.79 Å². The van der Waals surface area contributed by atoms with Crippen LogP contribution in [0.15, 0.2) is 58.2 Å². The van der Waals surface area contributed by atoms with Gasteiger partial charge in [0.2, 0.25) is 5.91 Å². The second kappa shape index (κ2) is 7.45. The van der Waals surface area contributed by atoms with Crippen molar-refractivity contribution in [2.24, 2.45) is 0 Å². The van der Waals surface area contributed by atoms with Crippen LogP contribution in [0.25, 0.3) is 0 Å². The van der Waals surface area contributed by atoms with E-state index in [1.165, 1.54) is 11.8 Å². The summed E-state index contributed by atoms with van der Waals surface area (Å²) in [6.07, 6.45) is 1.73. The van der Waals surface area contributed by atoms with Crippen molar-refractivity contribution in [2.75, 3.05) is 5.75 Å². The zero-order valence-corrected chi connectivity index (χ0v) is 13.4. The second-order valence-electron chi connectivity index (χ2n) is 4.30. The summed E-state index contributed by atoms with van der Waals surface area (Å²) in [6, 6.07) is 13.7. The number of carbonyl (C=O) groups excluding carboxylic acids is 1. The van der Waals surface area contributed by atoms with E-state index in [-0.39, 0.29) is 11.9 Å². The zero-order valence-electron chi connectivity index (χ0n) is 11.0. The quantitative estimate of drug-likeness (QED) is 0.833. The van der Waals surface area contributed by atoms with E-state index in [9.17, 15) is 4.79 Å². The van der Waals surface area contributed by atoms with Crippen LogP contribution < -0.4 is 5.32 Å². The summed E-state index contributed by atoms with van der Waals surface area (Å²) in [5.41, 5.74) is 1.10. The fourth-order valence-electron chi connectivity index (χ4n) is 1.70. The van der Waals surface area contributed by atoms with E-state index in [0.29, 0.717) is 5.75 Å². The summed E-state index contributed by atoms with van der Waals surface area (Å²) in [5, 5.41) is 3.82. The Bertz CT molecular complexity index is 560. The van der Waals surface area contributed by atoms with Gasteiger partial charge in [-0.25, -0.2) is 4.98 Å². The molecule has 1 heterocycles. The lowest BCUT2D eigenvalue weighted by atomic mass is 10.1. The molecule has 0 bridgehead atoms. The molecule has 0 radical (unpaired) electrons. The third kappa shape index (κ3) is 4.65. The first-order chi connectivity index (χ1) is 9.65. The van der Waals surface area contributed by atoms with Gasteiger partial charge in [0.15, 0.2) is 0 Å². The number of carbonyl (C=O) groups is 1. The molecule has 1 atom stereocenters. The van der Waals surface area contributed by atoms with Crippen LogP contribution in [0.3, 0.4) is 0 Å². The lowest BCUT2D eigenvalue weighted by molar-refractivity contribution is -0.119. The van der Waals surface area contributed by atoms with Crippen LogP contribution in [0.4, 0.5) is 0 Å². The zero-order chi connectivity index (χ0) is 14.4. The molecular weight excluding hydrogens is 336 g/mol. The van der Waals surface area contributed by atoms with E-state index in [1.54, 1.807) is 6.20 Å². The van der Waals surface area contributed by atoms with Crippen LogP contribution in [-0.4, -0.2) is 16.6 Å². The number of pyridine rings is 1. The van der Waals surface area contributed by atoms with Crippen LogP contribution in [-0.2, 0) is 4.79 Å². The average molecular weight is 351 g/mol. The summed E-state index contributed by atoms with van der Waals surface area (Å²) in [5.74, 6) is 0.377. The Morgan fingerprint density at radius 2 is 2.05 bits per heavy atom. The number of rotatable bonds is 5. The fraction of sp³-hybridized carbons (Fsp3) is 0.200. The molecule has 2 aromatic rings. The first kappa shape index (κ1) is 15.1. The molecule has 0 aliphatic heterocycles. The van der Waals surface area contributed by atoms with Crippen molar-refractivity contribution in [1.29, 1.82) is 0 Å². The molecule has 1 aromatic heterocycles. The standard InChI is InChI=1S/C15H15BrN2OS/c1-11(12-5-3-2-4-6-12)18-14(19)10-20-15-8-7-13(16)9-17-15/h2-9,11H,10H2,1H3,(H,18,19). The van der Waals surface area contributed by atoms with Crippen LogP contribution in [0.5, 0.6) is 0 Å². The van der Waals surface area contributed by atoms with Gasteiger partial charge in [-0.3, -0.25) is 4.79 Å². The van der Waals surface area contributed by atoms with Crippen molar-refractivity contribution >= 4 is 33.6 Å². The van der Waals surface area contributed by atoms with Gasteiger partial charge in [0, 0.05) is 10.7 Å². The Labute approximate surface area is 131 Å². The van der Waals surface area contributed by atoms with E-state index < -0.39 is 0 Å². The molecule has 1 aromatic carbocycles. The number of hydrogen-bond acceptors (Lipinski definition) is 3. The normalized spacial score (nSPS) is 11.9. The maximum absolute atomic E-state index is 11.9. The Balaban J connectivity index is 1.82. The van der Waals surface area contributed by atoms with E-state index in [2.05, 4.69) is 26.2 Å². The van der Waals surface area contributed by atoms with Crippen LogP contribution >= 0.6 is 27.7 Å². The molecule has 1 unspecified atom stereocenters. The van der Waals surface area contributed by atoms with E-state index in [0.717, 1.165) is 15.1 Å². The molecule has 0 saturated heterocycles. The van der Waals surface area contributed by atoms with Crippen molar-refractivity contribution in [1.82, 2.24) is 10.3 Å². The molecule has 5 heteroatoms. The number of amides is 1. The molecular formula is C15H15BrN2OS. The number of thioether (sulfide) groups is 1. The Morgan fingerprint density at radius 3 is 2.70 bits per heavy atom. The van der Waals surface area contributed by atoms with Gasteiger partial charge in [0.25, 0.3) is 0 Å². The van der Waals surface area contributed by atoms with Crippen LogP contribution in [0.1, 0.15) is 18.5 Å². The summed E-state index contributed by atoms with van der Waals surface area (Å²) in [7, 11) is 0. The number of benzene rings is 1. The van der Waals surface area contributed by atoms with E-state index >= 15 is 0 Å². The summed E-state index contributed by atoms with van der Waals surface area (Å²) in [6.45, 7) is 1.98. The molecule has 0 fully saturated rings. The van der Waals surface area contributed by atoms with Gasteiger partial charge < -0.3 is 5.32 Å². The Kier molecular flexibility index (Phi) is 5.61. The summed E-state index contributed by atoms with van der Waals surface area (Å²) in [4.78, 5) is 16.1.